The van der Waals surface area contributed by atoms with E-state index in [1.807, 2.05) is 0 Å². The normalized spacial score (nSPS) is 37.5. The molecule has 3 aliphatic rings. The van der Waals surface area contributed by atoms with Crippen molar-refractivity contribution < 1.29 is 0 Å². The summed E-state index contributed by atoms with van der Waals surface area (Å²) in [6, 6.07) is 11.3. The van der Waals surface area contributed by atoms with Gasteiger partial charge >= 0.3 is 0 Å². The predicted octanol–water partition coefficient (Wildman–Crippen LogP) is 5.08. The van der Waals surface area contributed by atoms with Gasteiger partial charge in [0.2, 0.25) is 0 Å². The first-order valence-electron chi connectivity index (χ1n) is 7.28. The van der Waals surface area contributed by atoms with Crippen LogP contribution in [0, 0.1) is 5.41 Å². The summed E-state index contributed by atoms with van der Waals surface area (Å²) < 4.78 is 0. The molecule has 0 radical (unpaired) electrons. The molecular formula is C17H24. The van der Waals surface area contributed by atoms with Crippen LogP contribution in [-0.2, 0) is 5.41 Å². The Morgan fingerprint density at radius 2 is 1.41 bits per heavy atom. The van der Waals surface area contributed by atoms with Gasteiger partial charge in [-0.05, 0) is 54.9 Å². The lowest BCUT2D eigenvalue weighted by atomic mass is 9.57. The molecule has 92 valence electrons. The molecule has 0 nitrogen and oxygen atoms in total. The highest BCUT2D eigenvalue weighted by atomic mass is 14.5. The zero-order valence-electron chi connectivity index (χ0n) is 11.0. The van der Waals surface area contributed by atoms with Crippen LogP contribution in [0.3, 0.4) is 0 Å². The minimum atomic E-state index is 0.529. The molecule has 0 aromatic heterocycles. The fourth-order valence-electron chi connectivity index (χ4n) is 4.07. The third-order valence-corrected chi connectivity index (χ3v) is 5.49. The quantitative estimate of drug-likeness (QED) is 0.629. The molecule has 0 heteroatoms. The van der Waals surface area contributed by atoms with Gasteiger partial charge in [-0.2, -0.15) is 0 Å². The average molecular weight is 228 g/mol. The highest BCUT2D eigenvalue weighted by Crippen LogP contribution is 2.53. The molecule has 1 aromatic carbocycles. The lowest BCUT2D eigenvalue weighted by Crippen LogP contribution is -2.37. The molecule has 0 heterocycles. The molecule has 1 aromatic rings. The van der Waals surface area contributed by atoms with E-state index in [9.17, 15) is 0 Å². The SMILES string of the molecule is CC12CCCCC(c3ccccc3)(CC1)CC2. The molecule has 3 saturated carbocycles. The van der Waals surface area contributed by atoms with Crippen molar-refractivity contribution in [2.45, 2.75) is 63.7 Å². The molecule has 3 aliphatic carbocycles. The Bertz CT molecular complexity index is 368. The Balaban J connectivity index is 1.92. The number of benzene rings is 1. The summed E-state index contributed by atoms with van der Waals surface area (Å²) in [5, 5.41) is 0. The third kappa shape index (κ3) is 2.03. The van der Waals surface area contributed by atoms with Crippen LogP contribution in [0.5, 0.6) is 0 Å². The van der Waals surface area contributed by atoms with Crippen LogP contribution in [0.1, 0.15) is 63.9 Å². The van der Waals surface area contributed by atoms with E-state index in [2.05, 4.69) is 37.3 Å². The number of rotatable bonds is 1. The highest BCUT2D eigenvalue weighted by molar-refractivity contribution is 5.26. The Kier molecular flexibility index (Phi) is 2.77. The van der Waals surface area contributed by atoms with E-state index < -0.39 is 0 Å². The van der Waals surface area contributed by atoms with Crippen LogP contribution in [0.15, 0.2) is 30.3 Å². The van der Waals surface area contributed by atoms with Crippen molar-refractivity contribution in [2.75, 3.05) is 0 Å². The number of fused-ring (bicyclic) bond motifs is 5. The van der Waals surface area contributed by atoms with Crippen LogP contribution in [0.4, 0.5) is 0 Å². The van der Waals surface area contributed by atoms with Gasteiger partial charge in [0.15, 0.2) is 0 Å². The van der Waals surface area contributed by atoms with E-state index >= 15 is 0 Å². The summed E-state index contributed by atoms with van der Waals surface area (Å²) in [4.78, 5) is 0. The van der Waals surface area contributed by atoms with Gasteiger partial charge in [-0.15, -0.1) is 0 Å². The van der Waals surface area contributed by atoms with E-state index in [0.29, 0.717) is 10.8 Å². The average Bonchev–Trinajstić information content (AvgIpc) is 2.35. The molecular weight excluding hydrogens is 204 g/mol. The first kappa shape index (κ1) is 11.3. The topological polar surface area (TPSA) is 0 Å². The van der Waals surface area contributed by atoms with Crippen molar-refractivity contribution in [3.8, 4) is 0 Å². The van der Waals surface area contributed by atoms with Crippen molar-refractivity contribution in [1.29, 1.82) is 0 Å². The first-order valence-corrected chi connectivity index (χ1v) is 7.28. The van der Waals surface area contributed by atoms with Crippen molar-refractivity contribution in [2.24, 2.45) is 5.41 Å². The zero-order valence-corrected chi connectivity index (χ0v) is 11.0. The molecule has 17 heavy (non-hydrogen) atoms. The second kappa shape index (κ2) is 4.15. The molecule has 4 rings (SSSR count). The summed E-state index contributed by atoms with van der Waals surface area (Å²) in [5.41, 5.74) is 2.81. The third-order valence-electron chi connectivity index (χ3n) is 5.49. The lowest BCUT2D eigenvalue weighted by molar-refractivity contribution is 0.101. The van der Waals surface area contributed by atoms with Gasteiger partial charge in [0.1, 0.15) is 0 Å². The predicted molar refractivity (Wildman–Crippen MR) is 73.2 cm³/mol. The van der Waals surface area contributed by atoms with Crippen LogP contribution < -0.4 is 0 Å². The smallest absolute Gasteiger partial charge is 0.00466 e. The van der Waals surface area contributed by atoms with Gasteiger partial charge in [0, 0.05) is 0 Å². The van der Waals surface area contributed by atoms with Crippen LogP contribution in [0.25, 0.3) is 0 Å². The van der Waals surface area contributed by atoms with Crippen molar-refractivity contribution >= 4 is 0 Å². The molecule has 0 atom stereocenters. The monoisotopic (exact) mass is 228 g/mol. The van der Waals surface area contributed by atoms with E-state index in [0.717, 1.165) is 0 Å². The summed E-state index contributed by atoms with van der Waals surface area (Å²) in [5.74, 6) is 0. The van der Waals surface area contributed by atoms with E-state index in [1.54, 1.807) is 5.56 Å². The molecule has 0 amide bonds. The Morgan fingerprint density at radius 3 is 2.12 bits per heavy atom. The van der Waals surface area contributed by atoms with Crippen LogP contribution >= 0.6 is 0 Å². The van der Waals surface area contributed by atoms with E-state index in [-0.39, 0.29) is 0 Å². The van der Waals surface area contributed by atoms with Crippen LogP contribution in [-0.4, -0.2) is 0 Å². The lowest BCUT2D eigenvalue weighted by Gasteiger charge is -2.48. The van der Waals surface area contributed by atoms with E-state index in [1.165, 1.54) is 51.4 Å². The van der Waals surface area contributed by atoms with Gasteiger partial charge in [-0.25, -0.2) is 0 Å². The first-order chi connectivity index (χ1) is 8.23. The Hall–Kier alpha value is -0.780. The van der Waals surface area contributed by atoms with Gasteiger partial charge in [0.25, 0.3) is 0 Å². The fourth-order valence-corrected chi connectivity index (χ4v) is 4.07. The standard InChI is InChI=1S/C17H24/c1-16-9-5-6-10-17(13-11-16,14-12-16)15-7-3-2-4-8-15/h2-4,7-8H,5-6,9-14H2,1H3. The maximum Gasteiger partial charge on any atom is -0.00466 e. The highest BCUT2D eigenvalue weighted by Gasteiger charge is 2.42. The van der Waals surface area contributed by atoms with Gasteiger partial charge < -0.3 is 0 Å². The van der Waals surface area contributed by atoms with Gasteiger partial charge in [-0.3, -0.25) is 0 Å². The number of hydrogen-bond acceptors (Lipinski definition) is 0. The molecule has 0 aliphatic heterocycles. The van der Waals surface area contributed by atoms with E-state index in [4.69, 9.17) is 0 Å². The second-order valence-electron chi connectivity index (χ2n) is 6.66. The fraction of sp³-hybridized carbons (Fsp3) is 0.647. The molecule has 0 spiro atoms. The minimum Gasteiger partial charge on any atom is -0.0622 e. The molecule has 0 saturated heterocycles. The summed E-state index contributed by atoms with van der Waals surface area (Å²) in [6.45, 7) is 2.52. The maximum atomic E-state index is 2.52. The maximum absolute atomic E-state index is 2.52. The van der Waals surface area contributed by atoms with Crippen molar-refractivity contribution in [3.63, 3.8) is 0 Å². The molecule has 3 fully saturated rings. The van der Waals surface area contributed by atoms with Crippen LogP contribution in [0.2, 0.25) is 0 Å². The zero-order chi connectivity index (χ0) is 11.8. The minimum absolute atomic E-state index is 0.529. The summed E-state index contributed by atoms with van der Waals surface area (Å²) >= 11 is 0. The summed E-state index contributed by atoms with van der Waals surface area (Å²) in [7, 11) is 0. The van der Waals surface area contributed by atoms with Crippen molar-refractivity contribution in [1.82, 2.24) is 0 Å². The molecule has 2 bridgehead atoms. The van der Waals surface area contributed by atoms with Gasteiger partial charge in [-0.1, -0.05) is 50.1 Å². The molecule has 0 unspecified atom stereocenters. The Morgan fingerprint density at radius 1 is 0.765 bits per heavy atom. The number of hydrogen-bond donors (Lipinski definition) is 0. The Labute approximate surface area is 105 Å². The summed E-state index contributed by atoms with van der Waals surface area (Å²) in [6.07, 6.45) is 11.5. The van der Waals surface area contributed by atoms with Crippen molar-refractivity contribution in [3.05, 3.63) is 35.9 Å². The van der Waals surface area contributed by atoms with Gasteiger partial charge in [0.05, 0.1) is 0 Å². The largest absolute Gasteiger partial charge is 0.0622 e. The second-order valence-corrected chi connectivity index (χ2v) is 6.66. The molecule has 0 N–H and O–H groups in total.